The molecule has 0 spiro atoms. The number of nitrogens with zero attached hydrogens (tertiary/aromatic N) is 2. The van der Waals surface area contributed by atoms with Crippen LogP contribution in [0, 0.1) is 0 Å². The van der Waals surface area contributed by atoms with Gasteiger partial charge in [0.1, 0.15) is 17.3 Å². The molecule has 2 N–H and O–H groups in total. The summed E-state index contributed by atoms with van der Waals surface area (Å²) in [5.41, 5.74) is 0.696. The number of nitrogens with one attached hydrogen (secondary N) is 2. The number of methoxy groups -OCH3 is 2. The third-order valence-corrected chi connectivity index (χ3v) is 3.02. The fourth-order valence-electron chi connectivity index (χ4n) is 1.79. The number of hydrogen-bond donors (Lipinski definition) is 2. The van der Waals surface area contributed by atoms with Crippen LogP contribution in [0.3, 0.4) is 0 Å². The zero-order chi connectivity index (χ0) is 15.2. The Kier molecular flexibility index (Phi) is 5.05. The van der Waals surface area contributed by atoms with Gasteiger partial charge in [0.2, 0.25) is 0 Å². The third-order valence-electron chi connectivity index (χ3n) is 2.73. The summed E-state index contributed by atoms with van der Waals surface area (Å²) in [6.07, 6.45) is 3.29. The number of hydrogen-bond acceptors (Lipinski definition) is 6. The molecule has 0 aliphatic carbocycles. The van der Waals surface area contributed by atoms with Crippen molar-refractivity contribution in [3.63, 3.8) is 0 Å². The molecule has 112 valence electrons. The van der Waals surface area contributed by atoms with Crippen LogP contribution in [0.25, 0.3) is 0 Å². The number of benzene rings is 1. The SMILES string of the molecule is CCNc1cncc(Nc2cc(OC)c(Cl)cc2OC)n1. The van der Waals surface area contributed by atoms with Crippen molar-refractivity contribution < 1.29 is 9.47 Å². The summed E-state index contributed by atoms with van der Waals surface area (Å²) >= 11 is 6.08. The van der Waals surface area contributed by atoms with Crippen molar-refractivity contribution in [3.05, 3.63) is 29.5 Å². The minimum absolute atomic E-state index is 0.479. The van der Waals surface area contributed by atoms with E-state index in [0.717, 1.165) is 6.54 Å². The van der Waals surface area contributed by atoms with Crippen molar-refractivity contribution in [3.8, 4) is 11.5 Å². The van der Waals surface area contributed by atoms with E-state index in [9.17, 15) is 0 Å². The summed E-state index contributed by atoms with van der Waals surface area (Å²) in [5.74, 6) is 2.44. The third kappa shape index (κ3) is 3.66. The minimum Gasteiger partial charge on any atom is -0.495 e. The highest BCUT2D eigenvalue weighted by molar-refractivity contribution is 6.32. The van der Waals surface area contributed by atoms with E-state index in [2.05, 4.69) is 20.6 Å². The molecule has 0 unspecified atom stereocenters. The zero-order valence-electron chi connectivity index (χ0n) is 12.1. The van der Waals surface area contributed by atoms with E-state index in [1.165, 1.54) is 0 Å². The highest BCUT2D eigenvalue weighted by Gasteiger charge is 2.11. The van der Waals surface area contributed by atoms with Crippen molar-refractivity contribution in [2.75, 3.05) is 31.4 Å². The van der Waals surface area contributed by atoms with Crippen molar-refractivity contribution in [2.45, 2.75) is 6.92 Å². The first-order chi connectivity index (χ1) is 10.2. The van der Waals surface area contributed by atoms with Gasteiger partial charge in [-0.2, -0.15) is 0 Å². The van der Waals surface area contributed by atoms with Crippen molar-refractivity contribution >= 4 is 28.9 Å². The van der Waals surface area contributed by atoms with Gasteiger partial charge in [0, 0.05) is 18.7 Å². The van der Waals surface area contributed by atoms with Crippen LogP contribution in [0.4, 0.5) is 17.3 Å². The summed E-state index contributed by atoms with van der Waals surface area (Å²) in [5, 5.41) is 6.73. The molecule has 21 heavy (non-hydrogen) atoms. The Morgan fingerprint density at radius 2 is 1.81 bits per heavy atom. The number of anilines is 3. The Morgan fingerprint density at radius 1 is 1.10 bits per heavy atom. The molecule has 0 aliphatic rings. The molecule has 0 bridgehead atoms. The van der Waals surface area contributed by atoms with Gasteiger partial charge in [0.05, 0.1) is 37.3 Å². The van der Waals surface area contributed by atoms with Gasteiger partial charge in [-0.25, -0.2) is 4.98 Å². The Hall–Kier alpha value is -2.21. The van der Waals surface area contributed by atoms with Gasteiger partial charge < -0.3 is 20.1 Å². The average Bonchev–Trinajstić information content (AvgIpc) is 2.49. The monoisotopic (exact) mass is 308 g/mol. The zero-order valence-corrected chi connectivity index (χ0v) is 12.9. The number of halogens is 1. The van der Waals surface area contributed by atoms with Gasteiger partial charge in [-0.05, 0) is 6.92 Å². The molecule has 1 heterocycles. The maximum atomic E-state index is 6.08. The Labute approximate surface area is 128 Å². The minimum atomic E-state index is 0.479. The van der Waals surface area contributed by atoms with Crippen LogP contribution < -0.4 is 20.1 Å². The van der Waals surface area contributed by atoms with E-state index in [1.807, 2.05) is 6.92 Å². The second-order valence-electron chi connectivity index (χ2n) is 4.13. The molecule has 0 radical (unpaired) electrons. The van der Waals surface area contributed by atoms with Crippen molar-refractivity contribution in [1.29, 1.82) is 0 Å². The van der Waals surface area contributed by atoms with Crippen LogP contribution in [0.15, 0.2) is 24.5 Å². The quantitative estimate of drug-likeness (QED) is 0.853. The Bertz CT molecular complexity index is 622. The van der Waals surface area contributed by atoms with E-state index < -0.39 is 0 Å². The topological polar surface area (TPSA) is 68.3 Å². The van der Waals surface area contributed by atoms with Crippen LogP contribution in [-0.4, -0.2) is 30.7 Å². The molecule has 0 aliphatic heterocycles. The average molecular weight is 309 g/mol. The first-order valence-electron chi connectivity index (χ1n) is 6.42. The summed E-state index contributed by atoms with van der Waals surface area (Å²) in [6, 6.07) is 3.44. The maximum absolute atomic E-state index is 6.08. The molecule has 1 aromatic carbocycles. The Morgan fingerprint density at radius 3 is 2.48 bits per heavy atom. The second-order valence-corrected chi connectivity index (χ2v) is 4.54. The number of rotatable bonds is 6. The lowest BCUT2D eigenvalue weighted by molar-refractivity contribution is 0.405. The first kappa shape index (κ1) is 15.2. The van der Waals surface area contributed by atoms with Crippen LogP contribution in [0.5, 0.6) is 11.5 Å². The smallest absolute Gasteiger partial charge is 0.151 e. The normalized spacial score (nSPS) is 10.1. The van der Waals surface area contributed by atoms with E-state index in [4.69, 9.17) is 21.1 Å². The van der Waals surface area contributed by atoms with Gasteiger partial charge in [-0.1, -0.05) is 11.6 Å². The summed E-state index contributed by atoms with van der Waals surface area (Å²) in [4.78, 5) is 8.53. The van der Waals surface area contributed by atoms with Gasteiger partial charge in [-0.3, -0.25) is 4.98 Å². The van der Waals surface area contributed by atoms with Crippen LogP contribution >= 0.6 is 11.6 Å². The van der Waals surface area contributed by atoms with E-state index in [-0.39, 0.29) is 0 Å². The van der Waals surface area contributed by atoms with Crippen LogP contribution in [0.2, 0.25) is 5.02 Å². The number of aromatic nitrogens is 2. The first-order valence-corrected chi connectivity index (χ1v) is 6.80. The highest BCUT2D eigenvalue weighted by Crippen LogP contribution is 2.37. The highest BCUT2D eigenvalue weighted by atomic mass is 35.5. The van der Waals surface area contributed by atoms with Crippen LogP contribution in [-0.2, 0) is 0 Å². The van der Waals surface area contributed by atoms with Gasteiger partial charge in [0.15, 0.2) is 5.82 Å². The Balaban J connectivity index is 2.31. The molecule has 0 atom stereocenters. The van der Waals surface area contributed by atoms with Gasteiger partial charge >= 0.3 is 0 Å². The molecule has 2 rings (SSSR count). The predicted molar refractivity (Wildman–Crippen MR) is 84.0 cm³/mol. The molecule has 0 saturated carbocycles. The lowest BCUT2D eigenvalue weighted by Gasteiger charge is -2.13. The van der Waals surface area contributed by atoms with E-state index in [0.29, 0.717) is 33.8 Å². The second kappa shape index (κ2) is 6.99. The largest absolute Gasteiger partial charge is 0.495 e. The molecular formula is C14H17ClN4O2. The predicted octanol–water partition coefficient (Wildman–Crippen LogP) is 3.32. The van der Waals surface area contributed by atoms with Crippen LogP contribution in [0.1, 0.15) is 6.92 Å². The van der Waals surface area contributed by atoms with E-state index in [1.54, 1.807) is 38.7 Å². The molecule has 7 heteroatoms. The molecule has 2 aromatic rings. The molecule has 1 aromatic heterocycles. The molecule has 0 fully saturated rings. The molecule has 6 nitrogen and oxygen atoms in total. The van der Waals surface area contributed by atoms with Crippen molar-refractivity contribution in [2.24, 2.45) is 0 Å². The molecule has 0 saturated heterocycles. The summed E-state index contributed by atoms with van der Waals surface area (Å²) in [6.45, 7) is 2.77. The fraction of sp³-hybridized carbons (Fsp3) is 0.286. The number of ether oxygens (including phenoxy) is 2. The fourth-order valence-corrected chi connectivity index (χ4v) is 2.02. The van der Waals surface area contributed by atoms with Crippen molar-refractivity contribution in [1.82, 2.24) is 9.97 Å². The summed E-state index contributed by atoms with van der Waals surface area (Å²) < 4.78 is 10.5. The van der Waals surface area contributed by atoms with Gasteiger partial charge in [0.25, 0.3) is 0 Å². The standard InChI is InChI=1S/C14H17ClN4O2/c1-4-17-13-7-16-8-14(19-13)18-10-6-11(20-2)9(15)5-12(10)21-3/h5-8H,4H2,1-3H3,(H2,17,18,19). The summed E-state index contributed by atoms with van der Waals surface area (Å²) in [7, 11) is 3.13. The lowest BCUT2D eigenvalue weighted by atomic mass is 10.2. The molecule has 0 amide bonds. The maximum Gasteiger partial charge on any atom is 0.151 e. The lowest BCUT2D eigenvalue weighted by Crippen LogP contribution is -2.03. The van der Waals surface area contributed by atoms with Gasteiger partial charge in [-0.15, -0.1) is 0 Å². The van der Waals surface area contributed by atoms with E-state index >= 15 is 0 Å². The molecular weight excluding hydrogens is 292 g/mol.